The van der Waals surface area contributed by atoms with Crippen molar-refractivity contribution in [3.63, 3.8) is 0 Å². The number of oxazole rings is 1. The predicted octanol–water partition coefficient (Wildman–Crippen LogP) is 4.65. The summed E-state index contributed by atoms with van der Waals surface area (Å²) >= 11 is 12.7. The van der Waals surface area contributed by atoms with Crippen LogP contribution in [-0.2, 0) is 5.33 Å². The molecule has 15 heavy (non-hydrogen) atoms. The molecule has 2 aromatic rings. The number of benzene rings is 1. The first-order valence-electron chi connectivity index (χ1n) is 4.16. The lowest BCUT2D eigenvalue weighted by atomic mass is 10.1. The van der Waals surface area contributed by atoms with Gasteiger partial charge in [0.1, 0.15) is 0 Å². The summed E-state index contributed by atoms with van der Waals surface area (Å²) in [6.45, 7) is 0. The highest BCUT2D eigenvalue weighted by Gasteiger charge is 2.10. The summed E-state index contributed by atoms with van der Waals surface area (Å²) in [6.07, 6.45) is 1.43. The van der Waals surface area contributed by atoms with Gasteiger partial charge < -0.3 is 4.42 Å². The quantitative estimate of drug-likeness (QED) is 0.736. The SMILES string of the molecule is Clc1cc(-c2ocnc2CBr)ccc1Br. The van der Waals surface area contributed by atoms with Gasteiger partial charge in [0.05, 0.1) is 10.7 Å². The zero-order chi connectivity index (χ0) is 10.8. The van der Waals surface area contributed by atoms with Crippen molar-refractivity contribution in [2.45, 2.75) is 5.33 Å². The summed E-state index contributed by atoms with van der Waals surface area (Å²) in [4.78, 5) is 4.09. The molecule has 0 fully saturated rings. The Morgan fingerprint density at radius 2 is 2.20 bits per heavy atom. The fraction of sp³-hybridized carbons (Fsp3) is 0.100. The molecule has 0 saturated heterocycles. The summed E-state index contributed by atoms with van der Waals surface area (Å²) in [6, 6.07) is 5.67. The normalized spacial score (nSPS) is 10.6. The standard InChI is InChI=1S/C10H6Br2ClNO/c11-4-9-10(15-5-14-9)6-1-2-7(12)8(13)3-6/h1-3,5H,4H2. The zero-order valence-corrected chi connectivity index (χ0v) is 11.4. The van der Waals surface area contributed by atoms with Crippen LogP contribution in [0.15, 0.2) is 33.5 Å². The van der Waals surface area contributed by atoms with Crippen LogP contribution in [0.3, 0.4) is 0 Å². The van der Waals surface area contributed by atoms with E-state index < -0.39 is 0 Å². The topological polar surface area (TPSA) is 26.0 Å². The molecule has 0 aliphatic rings. The van der Waals surface area contributed by atoms with Crippen LogP contribution in [-0.4, -0.2) is 4.98 Å². The number of alkyl halides is 1. The summed E-state index contributed by atoms with van der Waals surface area (Å²) < 4.78 is 6.19. The minimum Gasteiger partial charge on any atom is -0.443 e. The first-order valence-corrected chi connectivity index (χ1v) is 6.45. The molecule has 1 aromatic carbocycles. The minimum atomic E-state index is 0.657. The average Bonchev–Trinajstić information content (AvgIpc) is 2.70. The number of rotatable bonds is 2. The third-order valence-corrected chi connectivity index (χ3v) is 3.71. The highest BCUT2D eigenvalue weighted by Crippen LogP contribution is 2.30. The molecule has 0 aliphatic carbocycles. The Hall–Kier alpha value is -0.320. The average molecular weight is 351 g/mol. The molecule has 0 bridgehead atoms. The van der Waals surface area contributed by atoms with Gasteiger partial charge in [-0.15, -0.1) is 0 Å². The van der Waals surface area contributed by atoms with Crippen LogP contribution in [0.5, 0.6) is 0 Å². The van der Waals surface area contributed by atoms with E-state index >= 15 is 0 Å². The molecule has 0 amide bonds. The fourth-order valence-corrected chi connectivity index (χ4v) is 2.06. The number of halogens is 3. The molecule has 78 valence electrons. The maximum atomic E-state index is 6.01. The van der Waals surface area contributed by atoms with Crippen LogP contribution in [0.4, 0.5) is 0 Å². The highest BCUT2D eigenvalue weighted by molar-refractivity contribution is 9.10. The van der Waals surface area contributed by atoms with Crippen molar-refractivity contribution in [3.8, 4) is 11.3 Å². The largest absolute Gasteiger partial charge is 0.443 e. The smallest absolute Gasteiger partial charge is 0.181 e. The van der Waals surface area contributed by atoms with E-state index in [1.54, 1.807) is 0 Å². The molecule has 0 spiro atoms. The number of aromatic nitrogens is 1. The van der Waals surface area contributed by atoms with Gasteiger partial charge >= 0.3 is 0 Å². The molecule has 0 radical (unpaired) electrons. The third-order valence-electron chi connectivity index (χ3n) is 1.95. The fourth-order valence-electron chi connectivity index (χ4n) is 1.24. The van der Waals surface area contributed by atoms with Crippen LogP contribution >= 0.6 is 43.5 Å². The van der Waals surface area contributed by atoms with E-state index in [4.69, 9.17) is 16.0 Å². The molecular formula is C10H6Br2ClNO. The second kappa shape index (κ2) is 4.68. The van der Waals surface area contributed by atoms with Crippen LogP contribution in [0, 0.1) is 0 Å². The van der Waals surface area contributed by atoms with Gasteiger partial charge in [0.25, 0.3) is 0 Å². The van der Waals surface area contributed by atoms with E-state index in [2.05, 4.69) is 36.8 Å². The lowest BCUT2D eigenvalue weighted by Gasteiger charge is -2.01. The Labute approximate surface area is 109 Å². The van der Waals surface area contributed by atoms with E-state index in [-0.39, 0.29) is 0 Å². The molecule has 5 heteroatoms. The molecule has 0 N–H and O–H groups in total. The number of hydrogen-bond donors (Lipinski definition) is 0. The Morgan fingerprint density at radius 1 is 1.40 bits per heavy atom. The van der Waals surface area contributed by atoms with Crippen molar-refractivity contribution < 1.29 is 4.42 Å². The van der Waals surface area contributed by atoms with Gasteiger partial charge in [-0.3, -0.25) is 0 Å². The van der Waals surface area contributed by atoms with Gasteiger partial charge in [-0.05, 0) is 34.1 Å². The molecular weight excluding hydrogens is 345 g/mol. The maximum absolute atomic E-state index is 6.01. The first kappa shape index (κ1) is 11.2. The van der Waals surface area contributed by atoms with E-state index in [0.29, 0.717) is 10.4 Å². The van der Waals surface area contributed by atoms with E-state index in [9.17, 15) is 0 Å². The van der Waals surface area contributed by atoms with Crippen LogP contribution < -0.4 is 0 Å². The van der Waals surface area contributed by atoms with Crippen molar-refractivity contribution in [1.29, 1.82) is 0 Å². The van der Waals surface area contributed by atoms with Gasteiger partial charge in [-0.2, -0.15) is 0 Å². The highest BCUT2D eigenvalue weighted by atomic mass is 79.9. The van der Waals surface area contributed by atoms with Crippen molar-refractivity contribution >= 4 is 43.5 Å². The number of hydrogen-bond acceptors (Lipinski definition) is 2. The summed E-state index contributed by atoms with van der Waals surface area (Å²) in [5.41, 5.74) is 1.79. The molecule has 0 aliphatic heterocycles. The van der Waals surface area contributed by atoms with E-state index in [0.717, 1.165) is 21.5 Å². The van der Waals surface area contributed by atoms with Crippen molar-refractivity contribution in [3.05, 3.63) is 39.8 Å². The summed E-state index contributed by atoms with van der Waals surface area (Å²) in [5, 5.41) is 1.32. The molecule has 0 atom stereocenters. The monoisotopic (exact) mass is 349 g/mol. The zero-order valence-electron chi connectivity index (χ0n) is 7.51. The molecule has 2 rings (SSSR count). The second-order valence-electron chi connectivity index (χ2n) is 2.89. The molecule has 1 aromatic heterocycles. The molecule has 0 saturated carbocycles. The summed E-state index contributed by atoms with van der Waals surface area (Å²) in [5.74, 6) is 0.751. The van der Waals surface area contributed by atoms with Gasteiger partial charge in [0.15, 0.2) is 12.2 Å². The minimum absolute atomic E-state index is 0.657. The van der Waals surface area contributed by atoms with Gasteiger partial charge in [-0.25, -0.2) is 4.98 Å². The Balaban J connectivity index is 2.50. The van der Waals surface area contributed by atoms with Crippen molar-refractivity contribution in [2.75, 3.05) is 0 Å². The molecule has 1 heterocycles. The van der Waals surface area contributed by atoms with Crippen LogP contribution in [0.2, 0.25) is 5.02 Å². The van der Waals surface area contributed by atoms with E-state index in [1.807, 2.05) is 18.2 Å². The lowest BCUT2D eigenvalue weighted by molar-refractivity contribution is 0.571. The Kier molecular flexibility index (Phi) is 3.49. The molecule has 0 unspecified atom stereocenters. The predicted molar refractivity (Wildman–Crippen MR) is 67.3 cm³/mol. The van der Waals surface area contributed by atoms with Gasteiger partial charge in [-0.1, -0.05) is 27.5 Å². The Morgan fingerprint density at radius 3 is 2.87 bits per heavy atom. The van der Waals surface area contributed by atoms with Crippen molar-refractivity contribution in [2.24, 2.45) is 0 Å². The summed E-state index contributed by atoms with van der Waals surface area (Å²) in [7, 11) is 0. The number of nitrogens with zero attached hydrogens (tertiary/aromatic N) is 1. The Bertz CT molecular complexity index is 484. The van der Waals surface area contributed by atoms with Crippen LogP contribution in [0.1, 0.15) is 5.69 Å². The van der Waals surface area contributed by atoms with Crippen molar-refractivity contribution in [1.82, 2.24) is 4.98 Å². The van der Waals surface area contributed by atoms with Gasteiger partial charge in [0.2, 0.25) is 0 Å². The van der Waals surface area contributed by atoms with E-state index in [1.165, 1.54) is 6.39 Å². The lowest BCUT2D eigenvalue weighted by Crippen LogP contribution is -1.83. The maximum Gasteiger partial charge on any atom is 0.181 e. The van der Waals surface area contributed by atoms with Crippen LogP contribution in [0.25, 0.3) is 11.3 Å². The first-order chi connectivity index (χ1) is 7.22. The van der Waals surface area contributed by atoms with Gasteiger partial charge in [0, 0.05) is 15.4 Å². The molecule has 2 nitrogen and oxygen atoms in total. The second-order valence-corrected chi connectivity index (χ2v) is 4.71. The third kappa shape index (κ3) is 2.27.